The highest BCUT2D eigenvalue weighted by molar-refractivity contribution is 6.51. The first-order chi connectivity index (χ1) is 13.6. The molecule has 1 N–H and O–H groups in total. The first kappa shape index (κ1) is 17.9. The molecule has 6 heteroatoms. The van der Waals surface area contributed by atoms with E-state index in [0.29, 0.717) is 22.0 Å². The standard InChI is InChI=1S/C22H15ClN2O3/c23-16-11-9-15(10-12-16)20(26)18-19(14-6-2-1-3-7-14)25(22(28)21(18)27)17-8-4-5-13-24-17/h1-13,19,26H/b20-18+/t19-/m1/s1. The van der Waals surface area contributed by atoms with Crippen molar-refractivity contribution in [3.63, 3.8) is 0 Å². The Morgan fingerprint density at radius 2 is 1.61 bits per heavy atom. The Morgan fingerprint density at radius 3 is 2.25 bits per heavy atom. The number of amides is 1. The van der Waals surface area contributed by atoms with Crippen LogP contribution in [0.25, 0.3) is 5.76 Å². The number of pyridine rings is 1. The molecule has 1 atom stereocenters. The number of halogens is 1. The van der Waals surface area contributed by atoms with Gasteiger partial charge in [0.15, 0.2) is 0 Å². The van der Waals surface area contributed by atoms with Crippen LogP contribution in [-0.2, 0) is 9.59 Å². The van der Waals surface area contributed by atoms with E-state index >= 15 is 0 Å². The van der Waals surface area contributed by atoms with Gasteiger partial charge in [0.1, 0.15) is 11.6 Å². The number of nitrogens with zero attached hydrogens (tertiary/aromatic N) is 2. The molecule has 5 nitrogen and oxygen atoms in total. The molecule has 0 radical (unpaired) electrons. The molecule has 1 aromatic heterocycles. The maximum Gasteiger partial charge on any atom is 0.301 e. The number of benzene rings is 2. The van der Waals surface area contributed by atoms with Crippen LogP contribution < -0.4 is 4.90 Å². The van der Waals surface area contributed by atoms with Crippen molar-refractivity contribution in [3.05, 3.63) is 101 Å². The normalized spacial score (nSPS) is 18.5. The molecule has 1 fully saturated rings. The lowest BCUT2D eigenvalue weighted by atomic mass is 9.95. The van der Waals surface area contributed by atoms with Gasteiger partial charge in [0.2, 0.25) is 0 Å². The van der Waals surface area contributed by atoms with E-state index in [1.54, 1.807) is 48.7 Å². The Labute approximate surface area is 166 Å². The van der Waals surface area contributed by atoms with Crippen LogP contribution >= 0.6 is 11.6 Å². The Balaban J connectivity index is 1.94. The number of rotatable bonds is 3. The quantitative estimate of drug-likeness (QED) is 0.410. The number of Topliss-reactive ketones (excluding diaryl/α,β-unsaturated/α-hetero) is 1. The predicted molar refractivity (Wildman–Crippen MR) is 107 cm³/mol. The van der Waals surface area contributed by atoms with Gasteiger partial charge >= 0.3 is 5.91 Å². The minimum absolute atomic E-state index is 0.0178. The third-order valence-corrected chi connectivity index (χ3v) is 4.83. The summed E-state index contributed by atoms with van der Waals surface area (Å²) in [4.78, 5) is 31.3. The molecule has 28 heavy (non-hydrogen) atoms. The zero-order chi connectivity index (χ0) is 19.7. The van der Waals surface area contributed by atoms with Gasteiger partial charge in [-0.3, -0.25) is 14.5 Å². The Bertz CT molecular complexity index is 1060. The van der Waals surface area contributed by atoms with Gasteiger partial charge in [-0.05, 0) is 42.0 Å². The molecule has 1 aliphatic rings. The molecule has 0 unspecified atom stereocenters. The third kappa shape index (κ3) is 3.06. The number of carbonyl (C=O) groups is 2. The fourth-order valence-corrected chi connectivity index (χ4v) is 3.41. The van der Waals surface area contributed by atoms with Crippen LogP contribution in [0.15, 0.2) is 84.6 Å². The fourth-order valence-electron chi connectivity index (χ4n) is 3.28. The highest BCUT2D eigenvalue weighted by Crippen LogP contribution is 2.41. The molecule has 0 spiro atoms. The zero-order valence-electron chi connectivity index (χ0n) is 14.6. The summed E-state index contributed by atoms with van der Waals surface area (Å²) in [5.41, 5.74) is 1.12. The van der Waals surface area contributed by atoms with Gasteiger partial charge in [-0.2, -0.15) is 0 Å². The van der Waals surface area contributed by atoms with Gasteiger partial charge in [0.25, 0.3) is 5.78 Å². The summed E-state index contributed by atoms with van der Waals surface area (Å²) in [6.07, 6.45) is 1.55. The van der Waals surface area contributed by atoms with Crippen LogP contribution in [0.3, 0.4) is 0 Å². The topological polar surface area (TPSA) is 70.5 Å². The number of aliphatic hydroxyl groups is 1. The van der Waals surface area contributed by atoms with E-state index in [2.05, 4.69) is 4.98 Å². The van der Waals surface area contributed by atoms with E-state index in [0.717, 1.165) is 0 Å². The van der Waals surface area contributed by atoms with Gasteiger partial charge < -0.3 is 5.11 Å². The van der Waals surface area contributed by atoms with Crippen molar-refractivity contribution in [2.24, 2.45) is 0 Å². The van der Waals surface area contributed by atoms with Crippen molar-refractivity contribution in [2.75, 3.05) is 4.90 Å². The number of anilines is 1. The lowest BCUT2D eigenvalue weighted by molar-refractivity contribution is -0.132. The lowest BCUT2D eigenvalue weighted by Crippen LogP contribution is -2.30. The summed E-state index contributed by atoms with van der Waals surface area (Å²) in [6.45, 7) is 0. The molecule has 2 aromatic carbocycles. The van der Waals surface area contributed by atoms with Gasteiger partial charge in [-0.15, -0.1) is 0 Å². The van der Waals surface area contributed by atoms with E-state index in [1.165, 1.54) is 4.90 Å². The van der Waals surface area contributed by atoms with E-state index < -0.39 is 17.7 Å². The van der Waals surface area contributed by atoms with Crippen LogP contribution in [0.2, 0.25) is 5.02 Å². The zero-order valence-corrected chi connectivity index (χ0v) is 15.4. The monoisotopic (exact) mass is 390 g/mol. The van der Waals surface area contributed by atoms with Crippen molar-refractivity contribution in [3.8, 4) is 0 Å². The maximum absolute atomic E-state index is 12.9. The molecule has 1 aliphatic heterocycles. The summed E-state index contributed by atoms with van der Waals surface area (Å²) < 4.78 is 0. The van der Waals surface area contributed by atoms with Crippen LogP contribution in [0.1, 0.15) is 17.2 Å². The second-order valence-electron chi connectivity index (χ2n) is 6.27. The van der Waals surface area contributed by atoms with Crippen molar-refractivity contribution in [2.45, 2.75) is 6.04 Å². The third-order valence-electron chi connectivity index (χ3n) is 4.57. The Hall–Kier alpha value is -3.44. The summed E-state index contributed by atoms with van der Waals surface area (Å²) in [5, 5.41) is 11.4. The molecule has 0 saturated carbocycles. The summed E-state index contributed by atoms with van der Waals surface area (Å²) in [7, 11) is 0. The maximum atomic E-state index is 12.9. The predicted octanol–water partition coefficient (Wildman–Crippen LogP) is 4.36. The molecule has 138 valence electrons. The number of carbonyl (C=O) groups excluding carboxylic acids is 2. The number of ketones is 1. The van der Waals surface area contributed by atoms with Crippen LogP contribution in [0, 0.1) is 0 Å². The highest BCUT2D eigenvalue weighted by Gasteiger charge is 2.47. The molecule has 4 rings (SSSR count). The average molecular weight is 391 g/mol. The number of aliphatic hydroxyl groups excluding tert-OH is 1. The average Bonchev–Trinajstić information content (AvgIpc) is 3.00. The first-order valence-electron chi connectivity index (χ1n) is 8.61. The number of aromatic nitrogens is 1. The smallest absolute Gasteiger partial charge is 0.301 e. The second kappa shape index (κ2) is 7.29. The lowest BCUT2D eigenvalue weighted by Gasteiger charge is -2.24. The summed E-state index contributed by atoms with van der Waals surface area (Å²) >= 11 is 5.92. The number of hydrogen-bond acceptors (Lipinski definition) is 4. The SMILES string of the molecule is O=C1C(=O)N(c2ccccn2)[C@H](c2ccccc2)/C1=C(\O)c1ccc(Cl)cc1. The molecular weight excluding hydrogens is 376 g/mol. The summed E-state index contributed by atoms with van der Waals surface area (Å²) in [6, 6.07) is 19.9. The van der Waals surface area contributed by atoms with Gasteiger partial charge in [-0.1, -0.05) is 48.0 Å². The second-order valence-corrected chi connectivity index (χ2v) is 6.71. The Morgan fingerprint density at radius 1 is 0.929 bits per heavy atom. The van der Waals surface area contributed by atoms with Crippen LogP contribution in [0.4, 0.5) is 5.82 Å². The van der Waals surface area contributed by atoms with Crippen molar-refractivity contribution >= 4 is 34.9 Å². The molecule has 2 heterocycles. The minimum Gasteiger partial charge on any atom is -0.507 e. The van der Waals surface area contributed by atoms with E-state index in [1.807, 2.05) is 30.3 Å². The van der Waals surface area contributed by atoms with E-state index in [-0.39, 0.29) is 11.3 Å². The molecular formula is C22H15ClN2O3. The molecule has 3 aromatic rings. The van der Waals surface area contributed by atoms with Crippen LogP contribution in [0.5, 0.6) is 0 Å². The molecule has 1 saturated heterocycles. The highest BCUT2D eigenvalue weighted by atomic mass is 35.5. The van der Waals surface area contributed by atoms with Crippen LogP contribution in [-0.4, -0.2) is 21.8 Å². The molecule has 1 amide bonds. The molecule has 0 aliphatic carbocycles. The van der Waals surface area contributed by atoms with Gasteiger partial charge in [0.05, 0.1) is 11.6 Å². The summed E-state index contributed by atoms with van der Waals surface area (Å²) in [5.74, 6) is -1.40. The fraction of sp³-hybridized carbons (Fsp3) is 0.0455. The Kier molecular flexibility index (Phi) is 4.67. The number of hydrogen-bond donors (Lipinski definition) is 1. The van der Waals surface area contributed by atoms with Gasteiger partial charge in [-0.25, -0.2) is 4.98 Å². The minimum atomic E-state index is -0.785. The van der Waals surface area contributed by atoms with Crippen molar-refractivity contribution in [1.29, 1.82) is 0 Å². The van der Waals surface area contributed by atoms with Crippen molar-refractivity contribution < 1.29 is 14.7 Å². The first-order valence-corrected chi connectivity index (χ1v) is 8.98. The van der Waals surface area contributed by atoms with E-state index in [9.17, 15) is 14.7 Å². The van der Waals surface area contributed by atoms with Crippen molar-refractivity contribution in [1.82, 2.24) is 4.98 Å². The van der Waals surface area contributed by atoms with E-state index in [4.69, 9.17) is 11.6 Å². The van der Waals surface area contributed by atoms with Gasteiger partial charge in [0, 0.05) is 16.8 Å². The largest absolute Gasteiger partial charge is 0.507 e. The molecule has 0 bridgehead atoms.